The van der Waals surface area contributed by atoms with E-state index in [9.17, 15) is 4.79 Å². The number of amides is 1. The minimum Gasteiger partial charge on any atom is -0.496 e. The number of nitrogens with one attached hydrogen (secondary N) is 1. The molecule has 2 aromatic heterocycles. The zero-order chi connectivity index (χ0) is 24.6. The molecule has 1 N–H and O–H groups in total. The van der Waals surface area contributed by atoms with Crippen molar-refractivity contribution in [1.29, 1.82) is 0 Å². The first-order chi connectivity index (χ1) is 16.3. The van der Waals surface area contributed by atoms with E-state index in [4.69, 9.17) is 14.2 Å². The van der Waals surface area contributed by atoms with Crippen LogP contribution in [0.4, 0.5) is 4.79 Å². The monoisotopic (exact) mass is 483 g/mol. The van der Waals surface area contributed by atoms with Gasteiger partial charge >= 0.3 is 6.09 Å². The molecule has 0 radical (unpaired) electrons. The number of benzene rings is 1. The van der Waals surface area contributed by atoms with Gasteiger partial charge in [0.05, 0.1) is 7.11 Å². The van der Waals surface area contributed by atoms with Crippen molar-refractivity contribution in [3.05, 3.63) is 43.0 Å². The van der Waals surface area contributed by atoms with Crippen molar-refractivity contribution >= 4 is 14.2 Å². The molecular weight excluding hydrogens is 450 g/mol. The van der Waals surface area contributed by atoms with Crippen LogP contribution in [0.2, 0.25) is 25.7 Å². The number of hydrogen-bond donors (Lipinski definition) is 1. The van der Waals surface area contributed by atoms with Gasteiger partial charge in [-0.3, -0.25) is 9.55 Å². The number of aromatic nitrogens is 4. The third kappa shape index (κ3) is 7.13. The Labute approximate surface area is 201 Å². The highest BCUT2D eigenvalue weighted by Gasteiger charge is 2.15. The summed E-state index contributed by atoms with van der Waals surface area (Å²) in [6, 6.07) is 8.26. The molecule has 1 amide bonds. The van der Waals surface area contributed by atoms with E-state index in [0.717, 1.165) is 29.2 Å². The topological polar surface area (TPSA) is 100 Å². The van der Waals surface area contributed by atoms with Crippen LogP contribution in [0, 0.1) is 0 Å². The second-order valence-corrected chi connectivity index (χ2v) is 14.7. The Morgan fingerprint density at radius 1 is 1.15 bits per heavy atom. The van der Waals surface area contributed by atoms with Crippen molar-refractivity contribution in [2.75, 3.05) is 20.3 Å². The third-order valence-corrected chi connectivity index (χ3v) is 6.75. The normalized spacial score (nSPS) is 11.3. The number of hydrogen-bond acceptors (Lipinski definition) is 7. The molecule has 3 aromatic rings. The van der Waals surface area contributed by atoms with E-state index in [-0.39, 0.29) is 0 Å². The number of pyridine rings is 1. The second kappa shape index (κ2) is 11.8. The van der Waals surface area contributed by atoms with E-state index in [2.05, 4.69) is 40.1 Å². The van der Waals surface area contributed by atoms with Crippen molar-refractivity contribution in [3.8, 4) is 34.0 Å². The summed E-state index contributed by atoms with van der Waals surface area (Å²) in [7, 11) is 0.441. The van der Waals surface area contributed by atoms with Gasteiger partial charge in [-0.1, -0.05) is 26.6 Å². The molecule has 0 unspecified atom stereocenters. The van der Waals surface area contributed by atoms with Gasteiger partial charge in [0, 0.05) is 50.3 Å². The lowest BCUT2D eigenvalue weighted by Gasteiger charge is -2.16. The first-order valence-electron chi connectivity index (χ1n) is 11.4. The van der Waals surface area contributed by atoms with Gasteiger partial charge in [0.25, 0.3) is 0 Å². The summed E-state index contributed by atoms with van der Waals surface area (Å²) in [5.41, 5.74) is 2.33. The number of ether oxygens (including phenoxy) is 3. The fourth-order valence-electron chi connectivity index (χ4n) is 3.17. The molecule has 1 aromatic carbocycles. The van der Waals surface area contributed by atoms with E-state index >= 15 is 0 Å². The Bertz CT molecular complexity index is 1100. The van der Waals surface area contributed by atoms with Crippen LogP contribution in [0.3, 0.4) is 0 Å². The van der Waals surface area contributed by atoms with Gasteiger partial charge < -0.3 is 19.5 Å². The number of carbonyl (C=O) groups is 1. The van der Waals surface area contributed by atoms with Gasteiger partial charge in [0.15, 0.2) is 5.82 Å². The molecule has 0 aliphatic carbocycles. The molecule has 34 heavy (non-hydrogen) atoms. The fraction of sp³-hybridized carbons (Fsp3) is 0.417. The number of rotatable bonds is 11. The predicted molar refractivity (Wildman–Crippen MR) is 134 cm³/mol. The van der Waals surface area contributed by atoms with Gasteiger partial charge in [0.1, 0.15) is 24.6 Å². The zero-order valence-corrected chi connectivity index (χ0v) is 21.5. The predicted octanol–water partition coefficient (Wildman–Crippen LogP) is 4.83. The van der Waals surface area contributed by atoms with Crippen LogP contribution in [0.15, 0.2) is 43.0 Å². The van der Waals surface area contributed by atoms with Crippen LogP contribution in [0.1, 0.15) is 13.3 Å². The molecule has 0 aliphatic rings. The van der Waals surface area contributed by atoms with Gasteiger partial charge in [-0.15, -0.1) is 10.2 Å². The molecule has 2 heterocycles. The highest BCUT2D eigenvalue weighted by atomic mass is 28.3. The van der Waals surface area contributed by atoms with Crippen LogP contribution in [0.5, 0.6) is 11.5 Å². The van der Waals surface area contributed by atoms with Gasteiger partial charge in [-0.25, -0.2) is 4.79 Å². The molecule has 9 nitrogen and oxygen atoms in total. The molecule has 0 saturated heterocycles. The third-order valence-electron chi connectivity index (χ3n) is 5.05. The van der Waals surface area contributed by atoms with Crippen molar-refractivity contribution in [1.82, 2.24) is 25.1 Å². The molecule has 0 spiro atoms. The molecule has 0 fully saturated rings. The molecule has 10 heteroatoms. The smallest absolute Gasteiger partial charge is 0.412 e. The van der Waals surface area contributed by atoms with E-state index in [1.54, 1.807) is 44.0 Å². The fourth-order valence-corrected chi connectivity index (χ4v) is 3.93. The van der Waals surface area contributed by atoms with Gasteiger partial charge in [0.2, 0.25) is 0 Å². The molecule has 0 aliphatic heterocycles. The minimum atomic E-state index is -1.16. The Morgan fingerprint density at radius 3 is 2.68 bits per heavy atom. The van der Waals surface area contributed by atoms with E-state index in [1.165, 1.54) is 0 Å². The molecule has 3 rings (SSSR count). The van der Waals surface area contributed by atoms with E-state index in [1.807, 2.05) is 17.6 Å². The Morgan fingerprint density at radius 2 is 1.94 bits per heavy atom. The summed E-state index contributed by atoms with van der Waals surface area (Å²) in [5, 5.41) is 11.0. The maximum Gasteiger partial charge on any atom is 0.412 e. The van der Waals surface area contributed by atoms with Crippen molar-refractivity contribution in [2.24, 2.45) is 0 Å². The van der Waals surface area contributed by atoms with Crippen LogP contribution >= 0.6 is 0 Å². The first-order valence-corrected chi connectivity index (χ1v) is 15.1. The SMILES string of the molecule is CCCNC(=O)Oc1ccc(OC)c(-c2cncc(-c3nncn3COCC[Si](C)(C)C)c2)c1. The molecule has 0 bridgehead atoms. The van der Waals surface area contributed by atoms with Crippen LogP contribution in [-0.2, 0) is 11.5 Å². The number of nitrogens with zero attached hydrogens (tertiary/aromatic N) is 4. The summed E-state index contributed by atoms with van der Waals surface area (Å²) in [4.78, 5) is 16.4. The zero-order valence-electron chi connectivity index (χ0n) is 20.5. The lowest BCUT2D eigenvalue weighted by atomic mass is 10.0. The number of methoxy groups -OCH3 is 1. The average Bonchev–Trinajstić information content (AvgIpc) is 3.28. The first kappa shape index (κ1) is 25.4. The lowest BCUT2D eigenvalue weighted by molar-refractivity contribution is 0.0880. The molecule has 0 saturated carbocycles. The minimum absolute atomic E-state index is 0.372. The molecule has 0 atom stereocenters. The maximum absolute atomic E-state index is 12.0. The van der Waals surface area contributed by atoms with E-state index in [0.29, 0.717) is 37.2 Å². The Balaban J connectivity index is 1.81. The largest absolute Gasteiger partial charge is 0.496 e. The average molecular weight is 484 g/mol. The summed E-state index contributed by atoms with van der Waals surface area (Å²) in [6.07, 6.45) is 5.45. The van der Waals surface area contributed by atoms with Gasteiger partial charge in [-0.05, 0) is 36.7 Å². The van der Waals surface area contributed by atoms with Crippen LogP contribution in [0.25, 0.3) is 22.5 Å². The summed E-state index contributed by atoms with van der Waals surface area (Å²) < 4.78 is 18.7. The molecule has 182 valence electrons. The summed E-state index contributed by atoms with van der Waals surface area (Å²) in [5.74, 6) is 1.71. The van der Waals surface area contributed by atoms with Crippen molar-refractivity contribution < 1.29 is 19.0 Å². The summed E-state index contributed by atoms with van der Waals surface area (Å²) >= 11 is 0. The van der Waals surface area contributed by atoms with Crippen LogP contribution < -0.4 is 14.8 Å². The maximum atomic E-state index is 12.0. The lowest BCUT2D eigenvalue weighted by Crippen LogP contribution is -2.27. The summed E-state index contributed by atoms with van der Waals surface area (Å²) in [6.45, 7) is 10.6. The van der Waals surface area contributed by atoms with Crippen molar-refractivity contribution in [3.63, 3.8) is 0 Å². The van der Waals surface area contributed by atoms with Crippen molar-refractivity contribution in [2.45, 2.75) is 45.8 Å². The second-order valence-electron chi connectivity index (χ2n) is 9.11. The van der Waals surface area contributed by atoms with Crippen LogP contribution in [-0.4, -0.2) is 54.2 Å². The number of carbonyl (C=O) groups excluding carboxylic acids is 1. The standard InChI is InChI=1S/C24H33N5O4Si/c1-6-9-26-24(30)33-20-7-8-22(31-2)21(13-20)18-12-19(15-25-14-18)23-28-27-16-29(23)17-32-10-11-34(3,4)5/h7-8,12-16H,6,9-11,17H2,1-5H3,(H,26,30). The van der Waals surface area contributed by atoms with Gasteiger partial charge in [-0.2, -0.15) is 0 Å². The highest BCUT2D eigenvalue weighted by molar-refractivity contribution is 6.76. The Kier molecular flexibility index (Phi) is 8.77. The van der Waals surface area contributed by atoms with E-state index < -0.39 is 14.2 Å². The Hall–Kier alpha value is -3.24. The quantitative estimate of drug-likeness (QED) is 0.308. The highest BCUT2D eigenvalue weighted by Crippen LogP contribution is 2.34. The molecular formula is C24H33N5O4Si.